The molecule has 5 nitrogen and oxygen atoms in total. The molecule has 0 radical (unpaired) electrons. The van der Waals surface area contributed by atoms with Gasteiger partial charge in [-0.2, -0.15) is 0 Å². The summed E-state index contributed by atoms with van der Waals surface area (Å²) in [6.07, 6.45) is 1.62. The summed E-state index contributed by atoms with van der Waals surface area (Å²) in [6, 6.07) is 23.9. The second kappa shape index (κ2) is 9.36. The molecule has 0 N–H and O–H groups in total. The Morgan fingerprint density at radius 1 is 0.897 bits per heavy atom. The number of benzene rings is 4. The molecule has 1 aliphatic rings. The molecule has 1 unspecified atom stereocenters. The van der Waals surface area contributed by atoms with Crippen molar-refractivity contribution in [2.24, 2.45) is 0 Å². The highest BCUT2D eigenvalue weighted by molar-refractivity contribution is 6.18. The van der Waals surface area contributed by atoms with Crippen molar-refractivity contribution in [3.63, 3.8) is 0 Å². The van der Waals surface area contributed by atoms with E-state index in [1.807, 2.05) is 48.5 Å². The van der Waals surface area contributed by atoms with Crippen LogP contribution in [0, 0.1) is 11.6 Å². The van der Waals surface area contributed by atoms with Crippen molar-refractivity contribution in [1.29, 1.82) is 0 Å². The average Bonchev–Trinajstić information content (AvgIpc) is 3.48. The maximum absolute atomic E-state index is 14.5. The normalized spacial score (nSPS) is 15.5. The van der Waals surface area contributed by atoms with Crippen LogP contribution in [0.2, 0.25) is 0 Å². The van der Waals surface area contributed by atoms with Gasteiger partial charge in [0, 0.05) is 34.1 Å². The van der Waals surface area contributed by atoms with Gasteiger partial charge in [-0.15, -0.1) is 0 Å². The molecule has 7 heteroatoms. The topological polar surface area (TPSA) is 52.5 Å². The Kier molecular flexibility index (Phi) is 5.67. The molecule has 0 spiro atoms. The van der Waals surface area contributed by atoms with Gasteiger partial charge in [-0.25, -0.2) is 13.6 Å². The zero-order valence-corrected chi connectivity index (χ0v) is 20.9. The maximum Gasteiger partial charge on any atom is 0.345 e. The van der Waals surface area contributed by atoms with Crippen LogP contribution in [0.15, 0.2) is 84.9 Å². The van der Waals surface area contributed by atoms with E-state index in [4.69, 9.17) is 14.6 Å². The SMILES string of the molecule is O=C(OCC1CCCO1)c1c2cccc(-c3cccc(F)c3)c2n[n+]2c3ccccc3c3cc(F)ccc3c12. The lowest BCUT2D eigenvalue weighted by molar-refractivity contribution is -0.548. The average molecular weight is 522 g/mol. The van der Waals surface area contributed by atoms with Gasteiger partial charge in [-0.3, -0.25) is 0 Å². The van der Waals surface area contributed by atoms with Gasteiger partial charge in [-0.05, 0) is 59.3 Å². The van der Waals surface area contributed by atoms with Crippen LogP contribution in [-0.2, 0) is 9.47 Å². The number of rotatable bonds is 4. The third kappa shape index (κ3) is 3.97. The number of pyridine rings is 1. The Labute approximate surface area is 222 Å². The van der Waals surface area contributed by atoms with E-state index in [0.29, 0.717) is 56.0 Å². The molecule has 0 bridgehead atoms. The molecule has 1 saturated heterocycles. The van der Waals surface area contributed by atoms with Crippen LogP contribution in [0.25, 0.3) is 49.2 Å². The molecule has 4 aromatic carbocycles. The molecule has 2 aromatic heterocycles. The molecular weight excluding hydrogens is 498 g/mol. The third-order valence-electron chi connectivity index (χ3n) is 7.38. The van der Waals surface area contributed by atoms with Crippen molar-refractivity contribution in [2.75, 3.05) is 13.2 Å². The van der Waals surface area contributed by atoms with E-state index < -0.39 is 5.97 Å². The van der Waals surface area contributed by atoms with Gasteiger partial charge in [0.1, 0.15) is 29.3 Å². The van der Waals surface area contributed by atoms with Crippen molar-refractivity contribution in [3.8, 4) is 11.1 Å². The standard InChI is InChI=1S/C32H23F2N2O3/c33-20-7-3-6-19(16-20)23-10-4-11-26-29(32(37)39-18-22-8-5-15-38-22)31-25-14-13-21(34)17-27(25)24-9-1-2-12-28(24)36(31)35-30(23)26/h1-4,6-7,9-14,16-17,22H,5,8,15,18H2/q+1. The monoisotopic (exact) mass is 521 g/mol. The van der Waals surface area contributed by atoms with Crippen molar-refractivity contribution >= 4 is 44.1 Å². The Morgan fingerprint density at radius 2 is 1.72 bits per heavy atom. The van der Waals surface area contributed by atoms with Crippen molar-refractivity contribution in [2.45, 2.75) is 18.9 Å². The van der Waals surface area contributed by atoms with E-state index in [1.165, 1.54) is 24.3 Å². The number of esters is 1. The van der Waals surface area contributed by atoms with Crippen LogP contribution < -0.4 is 4.52 Å². The number of nitrogens with zero attached hydrogens (tertiary/aromatic N) is 2. The number of halogens is 2. The molecule has 39 heavy (non-hydrogen) atoms. The van der Waals surface area contributed by atoms with Crippen molar-refractivity contribution in [1.82, 2.24) is 5.10 Å². The smallest absolute Gasteiger partial charge is 0.345 e. The lowest BCUT2D eigenvalue weighted by Gasteiger charge is -2.13. The first-order valence-electron chi connectivity index (χ1n) is 12.9. The molecule has 6 aromatic rings. The Bertz CT molecular complexity index is 1930. The van der Waals surface area contributed by atoms with Gasteiger partial charge >= 0.3 is 5.97 Å². The second-order valence-electron chi connectivity index (χ2n) is 9.79. The molecule has 1 fully saturated rings. The molecule has 3 heterocycles. The highest BCUT2D eigenvalue weighted by atomic mass is 19.1. The Balaban J connectivity index is 1.60. The van der Waals surface area contributed by atoms with Gasteiger partial charge in [0.25, 0.3) is 5.52 Å². The highest BCUT2D eigenvalue weighted by Gasteiger charge is 2.30. The first-order valence-corrected chi connectivity index (χ1v) is 12.9. The van der Waals surface area contributed by atoms with Crippen LogP contribution in [0.5, 0.6) is 0 Å². The number of hydrogen-bond donors (Lipinski definition) is 0. The lowest BCUT2D eigenvalue weighted by Crippen LogP contribution is -2.31. The molecule has 7 rings (SSSR count). The predicted octanol–water partition coefficient (Wildman–Crippen LogP) is 6.56. The number of ether oxygens (including phenoxy) is 2. The number of fused-ring (bicyclic) bond motifs is 7. The summed E-state index contributed by atoms with van der Waals surface area (Å²) < 4.78 is 42.0. The number of aromatic nitrogens is 2. The highest BCUT2D eigenvalue weighted by Crippen LogP contribution is 2.34. The Hall–Kier alpha value is -4.49. The van der Waals surface area contributed by atoms with E-state index in [9.17, 15) is 13.6 Å². The zero-order valence-electron chi connectivity index (χ0n) is 20.9. The van der Waals surface area contributed by atoms with Crippen molar-refractivity contribution in [3.05, 3.63) is 102 Å². The van der Waals surface area contributed by atoms with E-state index in [2.05, 4.69) is 0 Å². The minimum atomic E-state index is -0.521. The minimum absolute atomic E-state index is 0.137. The first kappa shape index (κ1) is 23.6. The fourth-order valence-electron chi connectivity index (χ4n) is 5.60. The molecule has 0 aliphatic carbocycles. The first-order chi connectivity index (χ1) is 19.1. The lowest BCUT2D eigenvalue weighted by atomic mass is 9.97. The van der Waals surface area contributed by atoms with Crippen LogP contribution in [0.1, 0.15) is 23.2 Å². The van der Waals surface area contributed by atoms with Crippen molar-refractivity contribution < 1.29 is 27.6 Å². The minimum Gasteiger partial charge on any atom is -0.459 e. The molecule has 0 saturated carbocycles. The van der Waals surface area contributed by atoms with E-state index in [1.54, 1.807) is 16.6 Å². The van der Waals surface area contributed by atoms with E-state index >= 15 is 0 Å². The van der Waals surface area contributed by atoms with E-state index in [-0.39, 0.29) is 24.3 Å². The van der Waals surface area contributed by atoms with Crippen LogP contribution in [0.3, 0.4) is 0 Å². The fourth-order valence-corrected chi connectivity index (χ4v) is 5.60. The number of carbonyl (C=O) groups excluding carboxylic acids is 1. The third-order valence-corrected chi connectivity index (χ3v) is 7.38. The Morgan fingerprint density at radius 3 is 2.56 bits per heavy atom. The largest absolute Gasteiger partial charge is 0.459 e. The predicted molar refractivity (Wildman–Crippen MR) is 145 cm³/mol. The summed E-state index contributed by atoms with van der Waals surface area (Å²) in [6.45, 7) is 0.789. The number of hydrogen-bond acceptors (Lipinski definition) is 4. The number of para-hydroxylation sites is 1. The fraction of sp³-hybridized carbons (Fsp3) is 0.156. The van der Waals surface area contributed by atoms with Crippen LogP contribution in [-0.4, -0.2) is 30.4 Å². The summed E-state index contributed by atoms with van der Waals surface area (Å²) in [5, 5.41) is 7.73. The number of carbonyl (C=O) groups is 1. The molecule has 1 aliphatic heterocycles. The zero-order chi connectivity index (χ0) is 26.5. The van der Waals surface area contributed by atoms with Gasteiger partial charge < -0.3 is 9.47 Å². The summed E-state index contributed by atoms with van der Waals surface area (Å²) in [4.78, 5) is 13.9. The summed E-state index contributed by atoms with van der Waals surface area (Å²) in [5.74, 6) is -1.26. The van der Waals surface area contributed by atoms with Crippen LogP contribution in [0.4, 0.5) is 8.78 Å². The van der Waals surface area contributed by atoms with Gasteiger partial charge in [-0.1, -0.05) is 42.5 Å². The van der Waals surface area contributed by atoms with Crippen LogP contribution >= 0.6 is 0 Å². The summed E-state index contributed by atoms with van der Waals surface area (Å²) in [5.41, 5.74) is 3.38. The molecule has 1 atom stereocenters. The van der Waals surface area contributed by atoms with Gasteiger partial charge in [0.05, 0.1) is 16.9 Å². The quantitative estimate of drug-likeness (QED) is 0.114. The molecule has 192 valence electrons. The molecule has 0 amide bonds. The molecular formula is C32H23F2N2O3+. The maximum atomic E-state index is 14.5. The van der Waals surface area contributed by atoms with Gasteiger partial charge in [0.15, 0.2) is 0 Å². The summed E-state index contributed by atoms with van der Waals surface area (Å²) >= 11 is 0. The van der Waals surface area contributed by atoms with Gasteiger partial charge in [0.2, 0.25) is 5.52 Å². The second-order valence-corrected chi connectivity index (χ2v) is 9.79. The van der Waals surface area contributed by atoms with E-state index in [0.717, 1.165) is 18.2 Å². The summed E-state index contributed by atoms with van der Waals surface area (Å²) in [7, 11) is 0.